The molecule has 2 saturated heterocycles. The molecule has 0 aliphatic carbocycles. The minimum Gasteiger partial charge on any atom is -0.432 e. The van der Waals surface area contributed by atoms with Gasteiger partial charge in [-0.2, -0.15) is 0 Å². The van der Waals surface area contributed by atoms with Gasteiger partial charge in [0.15, 0.2) is 13.9 Å². The van der Waals surface area contributed by atoms with Crippen molar-refractivity contribution >= 4 is 54.1 Å². The van der Waals surface area contributed by atoms with Crippen LogP contribution in [0.5, 0.6) is 0 Å². The van der Waals surface area contributed by atoms with Crippen molar-refractivity contribution in [3.8, 4) is 0 Å². The average Bonchev–Trinajstić information content (AvgIpc) is 3.54. The SMILES string of the molecule is C[C@H]1[C@H]([Si](C)(C)O)[C@@H](CC(=O)N2CCC[C@H]2CO)O[C@]12C(=O)N(Cc1cccc(I)c1)c1ccc([N+](=O)[O-])cc12. The van der Waals surface area contributed by atoms with Crippen LogP contribution in [0, 0.1) is 19.6 Å². The highest BCUT2D eigenvalue weighted by Gasteiger charge is 2.66. The number of carbonyl (C=O) groups is 2. The molecular formula is C28H34IN3O7Si. The smallest absolute Gasteiger partial charge is 0.269 e. The number of benzene rings is 2. The van der Waals surface area contributed by atoms with E-state index in [1.807, 2.05) is 31.2 Å². The van der Waals surface area contributed by atoms with Gasteiger partial charge in [-0.1, -0.05) is 19.1 Å². The molecule has 0 radical (unpaired) electrons. The fourth-order valence-electron chi connectivity index (χ4n) is 7.00. The zero-order valence-corrected chi connectivity index (χ0v) is 25.9. The molecule has 214 valence electrons. The van der Waals surface area contributed by atoms with Crippen LogP contribution in [0.2, 0.25) is 18.6 Å². The Labute approximate surface area is 247 Å². The predicted octanol–water partition coefficient (Wildman–Crippen LogP) is 3.92. The number of hydrogen-bond acceptors (Lipinski definition) is 7. The zero-order chi connectivity index (χ0) is 29.0. The molecule has 2 N–H and O–H groups in total. The van der Waals surface area contributed by atoms with Crippen LogP contribution in [0.25, 0.3) is 0 Å². The molecule has 2 aromatic rings. The van der Waals surface area contributed by atoms with Gasteiger partial charge in [-0.15, -0.1) is 0 Å². The molecule has 2 fully saturated rings. The minimum atomic E-state index is -3.02. The van der Waals surface area contributed by atoms with E-state index in [0.717, 1.165) is 22.0 Å². The molecule has 3 aliphatic rings. The number of fused-ring (bicyclic) bond motifs is 2. The van der Waals surface area contributed by atoms with Crippen molar-refractivity contribution in [2.24, 2.45) is 5.92 Å². The van der Waals surface area contributed by atoms with E-state index in [1.165, 1.54) is 12.1 Å². The second kappa shape index (κ2) is 10.8. The molecule has 0 aromatic heterocycles. The highest BCUT2D eigenvalue weighted by atomic mass is 127. The molecule has 0 saturated carbocycles. The van der Waals surface area contributed by atoms with Gasteiger partial charge in [-0.05, 0) is 72.3 Å². The number of anilines is 1. The molecule has 5 rings (SSSR count). The van der Waals surface area contributed by atoms with E-state index >= 15 is 0 Å². The number of nitro groups is 1. The molecule has 3 heterocycles. The Balaban J connectivity index is 1.58. The fourth-order valence-corrected chi connectivity index (χ4v) is 10.2. The maximum atomic E-state index is 14.5. The van der Waals surface area contributed by atoms with Crippen molar-refractivity contribution in [3.05, 3.63) is 67.3 Å². The Morgan fingerprint density at radius 1 is 1.27 bits per heavy atom. The Bertz CT molecular complexity index is 1350. The normalized spacial score (nSPS) is 28.0. The van der Waals surface area contributed by atoms with E-state index in [2.05, 4.69) is 22.6 Å². The van der Waals surface area contributed by atoms with E-state index in [4.69, 9.17) is 4.74 Å². The molecule has 2 amide bonds. The van der Waals surface area contributed by atoms with Gasteiger partial charge >= 0.3 is 0 Å². The van der Waals surface area contributed by atoms with Crippen LogP contribution >= 0.6 is 22.6 Å². The van der Waals surface area contributed by atoms with Crippen LogP contribution < -0.4 is 4.90 Å². The summed E-state index contributed by atoms with van der Waals surface area (Å²) in [6, 6.07) is 11.9. The van der Waals surface area contributed by atoms with E-state index < -0.39 is 36.4 Å². The number of likely N-dealkylation sites (tertiary alicyclic amines) is 1. The third-order valence-corrected chi connectivity index (χ3v) is 11.9. The summed E-state index contributed by atoms with van der Waals surface area (Å²) >= 11 is 2.21. The first-order valence-corrected chi connectivity index (χ1v) is 17.6. The van der Waals surface area contributed by atoms with Crippen molar-refractivity contribution in [1.29, 1.82) is 0 Å². The second-order valence-electron chi connectivity index (χ2n) is 11.6. The number of aliphatic hydroxyl groups excluding tert-OH is 1. The molecule has 0 unspecified atom stereocenters. The van der Waals surface area contributed by atoms with Gasteiger partial charge in [0.25, 0.3) is 11.6 Å². The number of carbonyl (C=O) groups excluding carboxylic acids is 2. The Hall–Kier alpha value is -2.39. The molecule has 0 bridgehead atoms. The third-order valence-electron chi connectivity index (χ3n) is 8.69. The van der Waals surface area contributed by atoms with Crippen molar-refractivity contribution in [1.82, 2.24) is 4.90 Å². The Morgan fingerprint density at radius 3 is 2.67 bits per heavy atom. The number of nitrogens with zero attached hydrogens (tertiary/aromatic N) is 3. The van der Waals surface area contributed by atoms with Gasteiger partial charge in [0.2, 0.25) is 5.91 Å². The quantitative estimate of drug-likeness (QED) is 0.196. The summed E-state index contributed by atoms with van der Waals surface area (Å²) < 4.78 is 7.69. The first kappa shape index (κ1) is 29.1. The maximum Gasteiger partial charge on any atom is 0.269 e. The highest BCUT2D eigenvalue weighted by molar-refractivity contribution is 14.1. The number of amides is 2. The standard InChI is InChI=1S/C28H34IN3O7Si/c1-17-26(40(2,3)38)24(14-25(34)30-11-5-8-21(30)16-33)39-28(17)22-13-20(32(36)37)9-10-23(22)31(27(28)35)15-18-6-4-7-19(29)12-18/h4,6-7,9-10,12-13,17,21,24,26,33,38H,5,8,11,14-16H2,1-3H3/t17-,21-,24+,26-,28+/m0/s1. The van der Waals surface area contributed by atoms with Crippen molar-refractivity contribution in [3.63, 3.8) is 0 Å². The third kappa shape index (κ3) is 4.87. The lowest BCUT2D eigenvalue weighted by Crippen LogP contribution is -2.46. The molecule has 3 aliphatic heterocycles. The van der Waals surface area contributed by atoms with Crippen molar-refractivity contribution < 1.29 is 29.2 Å². The van der Waals surface area contributed by atoms with Crippen molar-refractivity contribution in [2.45, 2.75) is 69.1 Å². The summed E-state index contributed by atoms with van der Waals surface area (Å²) in [5.41, 5.74) is -0.386. The zero-order valence-electron chi connectivity index (χ0n) is 22.7. The van der Waals surface area contributed by atoms with Gasteiger partial charge < -0.3 is 24.4 Å². The number of hydrogen-bond donors (Lipinski definition) is 2. The predicted molar refractivity (Wildman–Crippen MR) is 159 cm³/mol. The van der Waals surface area contributed by atoms with Gasteiger partial charge in [-0.3, -0.25) is 19.7 Å². The molecular weight excluding hydrogens is 645 g/mol. The Morgan fingerprint density at radius 2 is 2.02 bits per heavy atom. The van der Waals surface area contributed by atoms with Crippen LogP contribution in [0.4, 0.5) is 11.4 Å². The summed E-state index contributed by atoms with van der Waals surface area (Å²) in [5.74, 6) is -1.07. The molecule has 40 heavy (non-hydrogen) atoms. The molecule has 5 atom stereocenters. The number of non-ortho nitro benzene ring substituents is 1. The van der Waals surface area contributed by atoms with E-state index in [0.29, 0.717) is 17.8 Å². The lowest BCUT2D eigenvalue weighted by Gasteiger charge is -2.32. The molecule has 1 spiro atoms. The number of ether oxygens (including phenoxy) is 1. The Kier molecular flexibility index (Phi) is 7.85. The average molecular weight is 680 g/mol. The molecule has 2 aromatic carbocycles. The summed E-state index contributed by atoms with van der Waals surface area (Å²) in [6.07, 6.45) is 0.720. The summed E-state index contributed by atoms with van der Waals surface area (Å²) in [5, 5.41) is 21.5. The molecule has 12 heteroatoms. The van der Waals surface area contributed by atoms with E-state index in [1.54, 1.807) is 29.0 Å². The second-order valence-corrected chi connectivity index (χ2v) is 16.8. The van der Waals surface area contributed by atoms with Crippen LogP contribution in [0.1, 0.15) is 37.3 Å². The first-order valence-electron chi connectivity index (χ1n) is 13.5. The summed E-state index contributed by atoms with van der Waals surface area (Å²) in [7, 11) is -3.02. The fraction of sp³-hybridized carbons (Fsp3) is 0.500. The number of halogens is 1. The van der Waals surface area contributed by atoms with Crippen LogP contribution in [-0.2, 0) is 26.5 Å². The van der Waals surface area contributed by atoms with Crippen LogP contribution in [-0.4, -0.2) is 65.2 Å². The topological polar surface area (TPSA) is 133 Å². The summed E-state index contributed by atoms with van der Waals surface area (Å²) in [4.78, 5) is 53.9. The van der Waals surface area contributed by atoms with Gasteiger partial charge in [-0.25, -0.2) is 0 Å². The lowest BCUT2D eigenvalue weighted by molar-refractivity contribution is -0.385. The van der Waals surface area contributed by atoms with Gasteiger partial charge in [0.05, 0.1) is 42.3 Å². The van der Waals surface area contributed by atoms with Crippen LogP contribution in [0.15, 0.2) is 42.5 Å². The summed E-state index contributed by atoms with van der Waals surface area (Å²) in [6.45, 7) is 6.07. The lowest BCUT2D eigenvalue weighted by atomic mass is 9.82. The monoisotopic (exact) mass is 679 g/mol. The number of aliphatic hydroxyl groups is 1. The van der Waals surface area contributed by atoms with Gasteiger partial charge in [0, 0.05) is 39.3 Å². The van der Waals surface area contributed by atoms with Crippen LogP contribution in [0.3, 0.4) is 0 Å². The van der Waals surface area contributed by atoms with Crippen molar-refractivity contribution in [2.75, 3.05) is 18.1 Å². The maximum absolute atomic E-state index is 14.5. The van der Waals surface area contributed by atoms with E-state index in [9.17, 15) is 29.6 Å². The minimum absolute atomic E-state index is 0.0430. The number of rotatable bonds is 7. The largest absolute Gasteiger partial charge is 0.432 e. The highest BCUT2D eigenvalue weighted by Crippen LogP contribution is 2.60. The molecule has 10 nitrogen and oxygen atoms in total. The number of nitro benzene ring substituents is 1. The first-order chi connectivity index (χ1) is 18.9. The van der Waals surface area contributed by atoms with E-state index in [-0.39, 0.29) is 43.1 Å². The van der Waals surface area contributed by atoms with Gasteiger partial charge in [0.1, 0.15) is 0 Å².